The van der Waals surface area contributed by atoms with E-state index in [2.05, 4.69) is 44.3 Å². The van der Waals surface area contributed by atoms with E-state index >= 15 is 0 Å². The van der Waals surface area contributed by atoms with Crippen LogP contribution in [0.1, 0.15) is 30.5 Å². The van der Waals surface area contributed by atoms with E-state index < -0.39 is 0 Å². The van der Waals surface area contributed by atoms with E-state index in [1.54, 1.807) is 0 Å². The van der Waals surface area contributed by atoms with Crippen molar-refractivity contribution in [1.29, 1.82) is 0 Å². The van der Waals surface area contributed by atoms with Crippen molar-refractivity contribution in [3.05, 3.63) is 58.1 Å². The molecule has 1 N–H and O–H groups in total. The summed E-state index contributed by atoms with van der Waals surface area (Å²) in [5.41, 5.74) is 3.29. The average molecular weight is 304 g/mol. The number of halogens is 1. The van der Waals surface area contributed by atoms with Crippen LogP contribution in [0.3, 0.4) is 0 Å². The predicted molar refractivity (Wildman–Crippen MR) is 89.4 cm³/mol. The highest BCUT2D eigenvalue weighted by atomic mass is 35.5. The number of nitrogens with one attached hydrogen (secondary N) is 1. The molecule has 2 aromatic rings. The fraction of sp³-hybridized carbons (Fsp3) is 0.333. The number of rotatable bonds is 5. The van der Waals surface area contributed by atoms with Crippen molar-refractivity contribution < 1.29 is 4.74 Å². The number of benzene rings is 2. The lowest BCUT2D eigenvalue weighted by molar-refractivity contribution is 0.466. The van der Waals surface area contributed by atoms with Gasteiger partial charge in [-0.25, -0.2) is 0 Å². The van der Waals surface area contributed by atoms with Crippen LogP contribution in [0.15, 0.2) is 36.4 Å². The quantitative estimate of drug-likeness (QED) is 0.815. The molecule has 0 amide bonds. The largest absolute Gasteiger partial charge is 0.457 e. The molecule has 21 heavy (non-hydrogen) atoms. The summed E-state index contributed by atoms with van der Waals surface area (Å²) in [6.45, 7) is 9.03. The molecule has 0 saturated carbocycles. The van der Waals surface area contributed by atoms with Gasteiger partial charge in [0.25, 0.3) is 0 Å². The molecule has 0 heterocycles. The van der Waals surface area contributed by atoms with Crippen LogP contribution in [0.2, 0.25) is 5.02 Å². The molecule has 0 saturated heterocycles. The van der Waals surface area contributed by atoms with Crippen LogP contribution in [0.25, 0.3) is 0 Å². The third-order valence-corrected chi connectivity index (χ3v) is 3.68. The zero-order chi connectivity index (χ0) is 15.4. The van der Waals surface area contributed by atoms with Crippen LogP contribution in [0.4, 0.5) is 0 Å². The lowest BCUT2D eigenvalue weighted by Crippen LogP contribution is -2.22. The molecule has 2 rings (SSSR count). The lowest BCUT2D eigenvalue weighted by Gasteiger charge is -2.16. The first-order valence-electron chi connectivity index (χ1n) is 7.23. The molecular formula is C18H22ClNO. The van der Waals surface area contributed by atoms with Gasteiger partial charge in [-0.05, 0) is 43.2 Å². The Kier molecular flexibility index (Phi) is 5.27. The summed E-state index contributed by atoms with van der Waals surface area (Å²) < 4.78 is 6.11. The van der Waals surface area contributed by atoms with Crippen LogP contribution in [-0.4, -0.2) is 6.04 Å². The van der Waals surface area contributed by atoms with Gasteiger partial charge in [-0.2, -0.15) is 0 Å². The molecular weight excluding hydrogens is 282 g/mol. The number of hydrogen-bond donors (Lipinski definition) is 1. The maximum absolute atomic E-state index is 6.33. The molecule has 0 radical (unpaired) electrons. The number of hydrogen-bond acceptors (Lipinski definition) is 2. The topological polar surface area (TPSA) is 21.3 Å². The van der Waals surface area contributed by atoms with Gasteiger partial charge in [0, 0.05) is 23.2 Å². The second kappa shape index (κ2) is 6.97. The summed E-state index contributed by atoms with van der Waals surface area (Å²) in [6, 6.07) is 12.4. The Morgan fingerprint density at radius 3 is 2.57 bits per heavy atom. The van der Waals surface area contributed by atoms with Crippen molar-refractivity contribution in [3.8, 4) is 11.5 Å². The Morgan fingerprint density at radius 1 is 1.10 bits per heavy atom. The SMILES string of the molecule is Cc1ccc(C)c(Oc2cccc(Cl)c2CNC(C)C)c1. The summed E-state index contributed by atoms with van der Waals surface area (Å²) >= 11 is 6.33. The molecule has 0 unspecified atom stereocenters. The normalized spacial score (nSPS) is 11.0. The fourth-order valence-corrected chi connectivity index (χ4v) is 2.28. The molecule has 0 fully saturated rings. The molecule has 0 bridgehead atoms. The first kappa shape index (κ1) is 15.9. The summed E-state index contributed by atoms with van der Waals surface area (Å²) in [5, 5.41) is 4.12. The van der Waals surface area contributed by atoms with Crippen molar-refractivity contribution >= 4 is 11.6 Å². The summed E-state index contributed by atoms with van der Waals surface area (Å²) in [7, 11) is 0. The lowest BCUT2D eigenvalue weighted by atomic mass is 10.1. The van der Waals surface area contributed by atoms with Crippen LogP contribution in [0.5, 0.6) is 11.5 Å². The average Bonchev–Trinajstić information content (AvgIpc) is 2.42. The van der Waals surface area contributed by atoms with Gasteiger partial charge in [0.1, 0.15) is 11.5 Å². The van der Waals surface area contributed by atoms with Gasteiger partial charge < -0.3 is 10.1 Å². The molecule has 0 aliphatic rings. The molecule has 0 spiro atoms. The molecule has 0 aliphatic heterocycles. The van der Waals surface area contributed by atoms with E-state index in [1.165, 1.54) is 5.56 Å². The predicted octanol–water partition coefficient (Wildman–Crippen LogP) is 5.25. The first-order chi connectivity index (χ1) is 9.97. The third-order valence-electron chi connectivity index (χ3n) is 3.33. The van der Waals surface area contributed by atoms with Crippen LogP contribution < -0.4 is 10.1 Å². The molecule has 2 aromatic carbocycles. The van der Waals surface area contributed by atoms with Crippen molar-refractivity contribution in [3.63, 3.8) is 0 Å². The highest BCUT2D eigenvalue weighted by Crippen LogP contribution is 2.32. The van der Waals surface area contributed by atoms with Gasteiger partial charge in [-0.1, -0.05) is 43.6 Å². The van der Waals surface area contributed by atoms with Crippen LogP contribution in [-0.2, 0) is 6.54 Å². The van der Waals surface area contributed by atoms with Crippen molar-refractivity contribution in [2.24, 2.45) is 0 Å². The van der Waals surface area contributed by atoms with Crippen LogP contribution in [0, 0.1) is 13.8 Å². The second-order valence-electron chi connectivity index (χ2n) is 5.62. The van der Waals surface area contributed by atoms with Gasteiger partial charge in [0.15, 0.2) is 0 Å². The second-order valence-corrected chi connectivity index (χ2v) is 6.03. The molecule has 0 atom stereocenters. The molecule has 3 heteroatoms. The zero-order valence-corrected chi connectivity index (χ0v) is 13.8. The molecule has 2 nitrogen and oxygen atoms in total. The maximum Gasteiger partial charge on any atom is 0.133 e. The first-order valence-corrected chi connectivity index (χ1v) is 7.61. The zero-order valence-electron chi connectivity index (χ0n) is 13.0. The van der Waals surface area contributed by atoms with E-state index in [9.17, 15) is 0 Å². The van der Waals surface area contributed by atoms with Gasteiger partial charge in [-0.15, -0.1) is 0 Å². The molecule has 112 valence electrons. The van der Waals surface area contributed by atoms with Crippen molar-refractivity contribution in [2.75, 3.05) is 0 Å². The van der Waals surface area contributed by atoms with Gasteiger partial charge in [-0.3, -0.25) is 0 Å². The Labute approximate surface area is 132 Å². The minimum absolute atomic E-state index is 0.398. The summed E-state index contributed by atoms with van der Waals surface area (Å²) in [5.74, 6) is 1.69. The smallest absolute Gasteiger partial charge is 0.133 e. The highest BCUT2D eigenvalue weighted by Gasteiger charge is 2.11. The number of ether oxygens (including phenoxy) is 1. The number of aryl methyl sites for hydroxylation is 2. The Bertz CT molecular complexity index is 623. The van der Waals surface area contributed by atoms with E-state index in [0.717, 1.165) is 27.6 Å². The Balaban J connectivity index is 2.31. The van der Waals surface area contributed by atoms with E-state index in [0.29, 0.717) is 12.6 Å². The standard InChI is InChI=1S/C18H22ClNO/c1-12(2)20-11-15-16(19)6-5-7-17(15)21-18-10-13(3)8-9-14(18)4/h5-10,12,20H,11H2,1-4H3. The Morgan fingerprint density at radius 2 is 1.86 bits per heavy atom. The monoisotopic (exact) mass is 303 g/mol. The van der Waals surface area contributed by atoms with Gasteiger partial charge in [0.2, 0.25) is 0 Å². The van der Waals surface area contributed by atoms with E-state index in [-0.39, 0.29) is 0 Å². The van der Waals surface area contributed by atoms with Gasteiger partial charge in [0.05, 0.1) is 0 Å². The summed E-state index contributed by atoms with van der Waals surface area (Å²) in [4.78, 5) is 0. The molecule has 0 aromatic heterocycles. The Hall–Kier alpha value is -1.51. The van der Waals surface area contributed by atoms with E-state index in [1.807, 2.05) is 25.1 Å². The highest BCUT2D eigenvalue weighted by molar-refractivity contribution is 6.31. The summed E-state index contributed by atoms with van der Waals surface area (Å²) in [6.07, 6.45) is 0. The van der Waals surface area contributed by atoms with E-state index in [4.69, 9.17) is 16.3 Å². The molecule has 0 aliphatic carbocycles. The van der Waals surface area contributed by atoms with Crippen molar-refractivity contribution in [2.45, 2.75) is 40.3 Å². The third kappa shape index (κ3) is 4.23. The maximum atomic E-state index is 6.33. The minimum Gasteiger partial charge on any atom is -0.457 e. The van der Waals surface area contributed by atoms with Crippen LogP contribution >= 0.6 is 11.6 Å². The van der Waals surface area contributed by atoms with Crippen molar-refractivity contribution in [1.82, 2.24) is 5.32 Å². The minimum atomic E-state index is 0.398. The van der Waals surface area contributed by atoms with Gasteiger partial charge >= 0.3 is 0 Å². The fourth-order valence-electron chi connectivity index (χ4n) is 2.05.